The summed E-state index contributed by atoms with van der Waals surface area (Å²) >= 11 is 1.44. The van der Waals surface area contributed by atoms with Gasteiger partial charge in [0.15, 0.2) is 11.5 Å². The van der Waals surface area contributed by atoms with E-state index in [1.165, 1.54) is 17.8 Å². The average Bonchev–Trinajstić information content (AvgIpc) is 3.31. The highest BCUT2D eigenvalue weighted by Gasteiger charge is 2.32. The highest BCUT2D eigenvalue weighted by molar-refractivity contribution is 7.11. The Morgan fingerprint density at radius 3 is 2.57 bits per heavy atom. The number of aromatic nitrogens is 1. The highest BCUT2D eigenvalue weighted by atomic mass is 32.1. The van der Waals surface area contributed by atoms with Gasteiger partial charge in [-0.2, -0.15) is 0 Å². The largest absolute Gasteiger partial charge is 0.510 e. The van der Waals surface area contributed by atoms with Crippen LogP contribution in [-0.4, -0.2) is 47.6 Å². The van der Waals surface area contributed by atoms with Crippen molar-refractivity contribution >= 4 is 22.7 Å². The predicted molar refractivity (Wildman–Crippen MR) is 123 cm³/mol. The SMILES string of the molecule is COc1ccc(-c2csc(C3=C(O)CN([C@@H](C)CCCC(C)C)C3=N)n2)cc1OC. The second kappa shape index (κ2) is 9.51. The fourth-order valence-corrected chi connectivity index (χ4v) is 4.59. The number of rotatable bonds is 9. The number of amidine groups is 1. The van der Waals surface area contributed by atoms with Gasteiger partial charge in [-0.1, -0.05) is 26.7 Å². The van der Waals surface area contributed by atoms with Gasteiger partial charge in [-0.3, -0.25) is 5.41 Å². The molecule has 162 valence electrons. The summed E-state index contributed by atoms with van der Waals surface area (Å²) in [4.78, 5) is 6.68. The number of methoxy groups -OCH3 is 2. The van der Waals surface area contributed by atoms with Crippen LogP contribution in [0.15, 0.2) is 29.3 Å². The summed E-state index contributed by atoms with van der Waals surface area (Å²) in [7, 11) is 3.21. The molecule has 0 saturated heterocycles. The molecule has 6 nitrogen and oxygen atoms in total. The molecule has 1 aromatic carbocycles. The molecule has 1 aliphatic heterocycles. The van der Waals surface area contributed by atoms with Gasteiger partial charge >= 0.3 is 0 Å². The van der Waals surface area contributed by atoms with Gasteiger partial charge < -0.3 is 19.5 Å². The number of nitrogens with one attached hydrogen (secondary N) is 1. The highest BCUT2D eigenvalue weighted by Crippen LogP contribution is 2.36. The monoisotopic (exact) mass is 429 g/mol. The summed E-state index contributed by atoms with van der Waals surface area (Å²) in [6, 6.07) is 5.87. The van der Waals surface area contributed by atoms with Crippen molar-refractivity contribution in [2.45, 2.75) is 46.1 Å². The van der Waals surface area contributed by atoms with Crippen molar-refractivity contribution in [1.29, 1.82) is 5.41 Å². The molecule has 0 bridgehead atoms. The molecule has 0 saturated carbocycles. The molecular weight excluding hydrogens is 398 g/mol. The summed E-state index contributed by atoms with van der Waals surface area (Å²) in [5.74, 6) is 2.57. The van der Waals surface area contributed by atoms with Crippen molar-refractivity contribution in [2.75, 3.05) is 20.8 Å². The first-order valence-corrected chi connectivity index (χ1v) is 11.2. The quantitative estimate of drug-likeness (QED) is 0.542. The third kappa shape index (κ3) is 4.61. The summed E-state index contributed by atoms with van der Waals surface area (Å²) in [6.45, 7) is 6.96. The van der Waals surface area contributed by atoms with Crippen LogP contribution >= 0.6 is 11.3 Å². The number of nitrogens with zero attached hydrogens (tertiary/aromatic N) is 2. The third-order valence-electron chi connectivity index (χ3n) is 5.47. The molecule has 0 unspecified atom stereocenters. The maximum absolute atomic E-state index is 10.6. The van der Waals surface area contributed by atoms with Crippen molar-refractivity contribution in [3.05, 3.63) is 34.3 Å². The molecule has 0 aliphatic carbocycles. The van der Waals surface area contributed by atoms with E-state index in [9.17, 15) is 5.11 Å². The van der Waals surface area contributed by atoms with Gasteiger partial charge in [0, 0.05) is 17.0 Å². The predicted octanol–water partition coefficient (Wildman–Crippen LogP) is 5.60. The number of thiazole rings is 1. The fraction of sp³-hybridized carbons (Fsp3) is 0.478. The number of ether oxygens (including phenoxy) is 2. The first-order valence-electron chi connectivity index (χ1n) is 10.3. The van der Waals surface area contributed by atoms with Crippen LogP contribution in [0.2, 0.25) is 0 Å². The Kier molecular flexibility index (Phi) is 7.02. The van der Waals surface area contributed by atoms with E-state index in [0.717, 1.165) is 24.1 Å². The van der Waals surface area contributed by atoms with E-state index in [1.807, 2.05) is 28.5 Å². The first kappa shape index (κ1) is 22.2. The van der Waals surface area contributed by atoms with Gasteiger partial charge in [0.05, 0.1) is 32.0 Å². The molecule has 1 aliphatic rings. The number of aliphatic hydroxyl groups excluding tert-OH is 1. The van der Waals surface area contributed by atoms with Crippen molar-refractivity contribution in [3.8, 4) is 22.8 Å². The van der Waals surface area contributed by atoms with Gasteiger partial charge in [0.1, 0.15) is 16.6 Å². The van der Waals surface area contributed by atoms with Gasteiger partial charge in [-0.05, 0) is 37.5 Å². The molecule has 2 heterocycles. The van der Waals surface area contributed by atoms with Crippen LogP contribution in [0.4, 0.5) is 0 Å². The lowest BCUT2D eigenvalue weighted by Crippen LogP contribution is -2.35. The number of aliphatic hydroxyl groups is 1. The third-order valence-corrected chi connectivity index (χ3v) is 6.33. The van der Waals surface area contributed by atoms with Crippen molar-refractivity contribution in [1.82, 2.24) is 9.88 Å². The second-order valence-corrected chi connectivity index (χ2v) is 8.94. The molecule has 7 heteroatoms. The van der Waals surface area contributed by atoms with Gasteiger partial charge in [0.2, 0.25) is 0 Å². The van der Waals surface area contributed by atoms with Crippen LogP contribution in [-0.2, 0) is 0 Å². The van der Waals surface area contributed by atoms with Crippen LogP contribution in [0, 0.1) is 11.3 Å². The summed E-state index contributed by atoms with van der Waals surface area (Å²) in [5, 5.41) is 21.9. The summed E-state index contributed by atoms with van der Waals surface area (Å²) in [6.07, 6.45) is 3.31. The smallest absolute Gasteiger partial charge is 0.161 e. The molecule has 3 rings (SSSR count). The Balaban J connectivity index is 1.76. The van der Waals surface area contributed by atoms with E-state index in [0.29, 0.717) is 40.4 Å². The topological polar surface area (TPSA) is 78.7 Å². The van der Waals surface area contributed by atoms with Crippen LogP contribution in [0.3, 0.4) is 0 Å². The molecule has 0 spiro atoms. The zero-order valence-corrected chi connectivity index (χ0v) is 19.2. The minimum Gasteiger partial charge on any atom is -0.510 e. The maximum atomic E-state index is 10.6. The Labute approximate surface area is 182 Å². The lowest BCUT2D eigenvalue weighted by atomic mass is 10.0. The van der Waals surface area contributed by atoms with Crippen LogP contribution in [0.25, 0.3) is 16.8 Å². The second-order valence-electron chi connectivity index (χ2n) is 8.08. The van der Waals surface area contributed by atoms with E-state index in [4.69, 9.17) is 19.9 Å². The number of benzene rings is 1. The average molecular weight is 430 g/mol. The van der Waals surface area contributed by atoms with E-state index in [-0.39, 0.29) is 11.8 Å². The van der Waals surface area contributed by atoms with Crippen molar-refractivity contribution in [3.63, 3.8) is 0 Å². The van der Waals surface area contributed by atoms with Crippen molar-refractivity contribution < 1.29 is 14.6 Å². The van der Waals surface area contributed by atoms with Gasteiger partial charge in [-0.15, -0.1) is 11.3 Å². The van der Waals surface area contributed by atoms with Crippen molar-refractivity contribution in [2.24, 2.45) is 5.92 Å². The van der Waals surface area contributed by atoms with Crippen LogP contribution in [0.1, 0.15) is 45.0 Å². The standard InChI is InChI=1S/C23H31N3O3S/c1-14(2)7-6-8-15(3)26-12-18(27)21(22(26)24)23-25-17(13-30-23)16-9-10-19(28-4)20(11-16)29-5/h9-11,13-15,24,27H,6-8,12H2,1-5H3/t15-/m0/s1. The summed E-state index contributed by atoms with van der Waals surface area (Å²) < 4.78 is 10.7. The molecule has 0 fully saturated rings. The number of hydrogen-bond donors (Lipinski definition) is 2. The molecule has 1 aromatic heterocycles. The zero-order valence-electron chi connectivity index (χ0n) is 18.4. The fourth-order valence-electron chi connectivity index (χ4n) is 3.69. The lowest BCUT2D eigenvalue weighted by Gasteiger charge is -2.26. The molecule has 1 atom stereocenters. The molecule has 30 heavy (non-hydrogen) atoms. The maximum Gasteiger partial charge on any atom is 0.161 e. The van der Waals surface area contributed by atoms with E-state index in [1.54, 1.807) is 14.2 Å². The zero-order chi connectivity index (χ0) is 21.8. The normalized spacial score (nSPS) is 15.3. The number of hydrogen-bond acceptors (Lipinski definition) is 6. The van der Waals surface area contributed by atoms with E-state index >= 15 is 0 Å². The Morgan fingerprint density at radius 2 is 1.90 bits per heavy atom. The Morgan fingerprint density at radius 1 is 1.17 bits per heavy atom. The minimum absolute atomic E-state index is 0.209. The minimum atomic E-state index is 0.209. The van der Waals surface area contributed by atoms with E-state index in [2.05, 4.69) is 20.8 Å². The van der Waals surface area contributed by atoms with E-state index < -0.39 is 0 Å². The molecule has 2 N–H and O–H groups in total. The van der Waals surface area contributed by atoms with Crippen LogP contribution in [0.5, 0.6) is 11.5 Å². The van der Waals surface area contributed by atoms with Crippen LogP contribution < -0.4 is 9.47 Å². The van der Waals surface area contributed by atoms with Gasteiger partial charge in [0.25, 0.3) is 0 Å². The summed E-state index contributed by atoms with van der Waals surface area (Å²) in [5.41, 5.74) is 2.23. The molecular formula is C23H31N3O3S. The Bertz CT molecular complexity index is 936. The first-order chi connectivity index (χ1) is 14.3. The van der Waals surface area contributed by atoms with Gasteiger partial charge in [-0.25, -0.2) is 4.98 Å². The molecule has 2 aromatic rings. The Hall–Kier alpha value is -2.54. The molecule has 0 radical (unpaired) electrons. The molecule has 0 amide bonds. The lowest BCUT2D eigenvalue weighted by molar-refractivity contribution is 0.289.